The zero-order chi connectivity index (χ0) is 15.6. The van der Waals surface area contributed by atoms with Gasteiger partial charge in [-0.3, -0.25) is 9.59 Å². The van der Waals surface area contributed by atoms with Crippen molar-refractivity contribution in [2.75, 3.05) is 13.2 Å². The average molecular weight is 311 g/mol. The molecule has 2 rings (SSSR count). The summed E-state index contributed by atoms with van der Waals surface area (Å²) in [7, 11) is 0. The highest BCUT2D eigenvalue weighted by molar-refractivity contribution is 7.08. The summed E-state index contributed by atoms with van der Waals surface area (Å²) in [5.41, 5.74) is 0.434. The minimum absolute atomic E-state index is 0.00117. The molecule has 1 aromatic rings. The van der Waals surface area contributed by atoms with Gasteiger partial charge in [-0.05, 0) is 31.3 Å². The maximum atomic E-state index is 12.7. The molecule has 1 saturated carbocycles. The Bertz CT molecular complexity index is 532. The molecule has 0 saturated heterocycles. The third-order valence-corrected chi connectivity index (χ3v) is 3.96. The molecule has 1 aliphatic rings. The second-order valence-electron chi connectivity index (χ2n) is 6.17. The van der Waals surface area contributed by atoms with Crippen LogP contribution in [0.5, 0.6) is 0 Å². The Morgan fingerprint density at radius 3 is 2.57 bits per heavy atom. The van der Waals surface area contributed by atoms with Gasteiger partial charge in [-0.15, -0.1) is 5.10 Å². The second-order valence-corrected chi connectivity index (χ2v) is 6.92. The molecule has 21 heavy (non-hydrogen) atoms. The Morgan fingerprint density at radius 1 is 1.38 bits per heavy atom. The van der Waals surface area contributed by atoms with E-state index in [1.807, 2.05) is 20.8 Å². The van der Waals surface area contributed by atoms with Crippen LogP contribution < -0.4 is 0 Å². The van der Waals surface area contributed by atoms with Crippen LogP contribution in [0.25, 0.3) is 0 Å². The number of rotatable bonds is 5. The minimum atomic E-state index is -0.368. The topological polar surface area (TPSA) is 72.4 Å². The molecule has 0 N–H and O–H groups in total. The lowest BCUT2D eigenvalue weighted by atomic mass is 9.91. The number of nitrogens with zero attached hydrogens (tertiary/aromatic N) is 3. The van der Waals surface area contributed by atoms with Crippen LogP contribution in [-0.4, -0.2) is 45.6 Å². The van der Waals surface area contributed by atoms with E-state index in [2.05, 4.69) is 9.59 Å². The van der Waals surface area contributed by atoms with Gasteiger partial charge in [-0.1, -0.05) is 25.3 Å². The minimum Gasteiger partial charge on any atom is -0.465 e. The lowest BCUT2D eigenvalue weighted by molar-refractivity contribution is -0.143. The second kappa shape index (κ2) is 6.09. The molecule has 0 aromatic carbocycles. The molecule has 1 fully saturated rings. The fraction of sp³-hybridized carbons (Fsp3) is 0.714. The van der Waals surface area contributed by atoms with Crippen molar-refractivity contribution in [1.82, 2.24) is 14.5 Å². The van der Waals surface area contributed by atoms with Gasteiger partial charge in [0, 0.05) is 11.5 Å². The van der Waals surface area contributed by atoms with Crippen molar-refractivity contribution >= 4 is 23.4 Å². The summed E-state index contributed by atoms with van der Waals surface area (Å²) in [6.45, 7) is 8.06. The molecule has 1 amide bonds. The molecule has 6 nitrogen and oxygen atoms in total. The third kappa shape index (κ3) is 3.78. The van der Waals surface area contributed by atoms with Crippen molar-refractivity contribution in [1.29, 1.82) is 0 Å². The number of ether oxygens (including phenoxy) is 1. The first-order valence-corrected chi connectivity index (χ1v) is 7.91. The molecule has 0 radical (unpaired) electrons. The number of esters is 1. The van der Waals surface area contributed by atoms with Gasteiger partial charge >= 0.3 is 5.97 Å². The van der Waals surface area contributed by atoms with Crippen molar-refractivity contribution in [3.63, 3.8) is 0 Å². The highest BCUT2D eigenvalue weighted by Gasteiger charge is 2.37. The maximum Gasteiger partial charge on any atom is 0.325 e. The molecule has 0 spiro atoms. The van der Waals surface area contributed by atoms with Crippen LogP contribution in [0.3, 0.4) is 0 Å². The number of hydrogen-bond donors (Lipinski definition) is 0. The van der Waals surface area contributed by atoms with Crippen LogP contribution in [0.1, 0.15) is 55.9 Å². The number of carbonyl (C=O) groups excluding carboxylic acids is 2. The summed E-state index contributed by atoms with van der Waals surface area (Å²) in [6, 6.07) is 0.136. The van der Waals surface area contributed by atoms with Gasteiger partial charge in [-0.25, -0.2) is 0 Å². The zero-order valence-electron chi connectivity index (χ0n) is 12.9. The van der Waals surface area contributed by atoms with Gasteiger partial charge in [0.25, 0.3) is 5.91 Å². The first-order chi connectivity index (χ1) is 9.84. The molecule has 0 unspecified atom stereocenters. The molecular formula is C14H21N3O3S. The van der Waals surface area contributed by atoms with Crippen LogP contribution in [0.4, 0.5) is 0 Å². The molecule has 0 atom stereocenters. The highest BCUT2D eigenvalue weighted by Crippen LogP contribution is 2.32. The summed E-state index contributed by atoms with van der Waals surface area (Å²) in [4.78, 5) is 26.6. The summed E-state index contributed by atoms with van der Waals surface area (Å²) < 4.78 is 8.87. The van der Waals surface area contributed by atoms with Gasteiger partial charge in [0.15, 0.2) is 0 Å². The van der Waals surface area contributed by atoms with E-state index in [0.29, 0.717) is 17.2 Å². The predicted molar refractivity (Wildman–Crippen MR) is 79.3 cm³/mol. The van der Waals surface area contributed by atoms with Crippen LogP contribution in [0.2, 0.25) is 0 Å². The summed E-state index contributed by atoms with van der Waals surface area (Å²) in [5.74, 6) is -0.530. The van der Waals surface area contributed by atoms with Crippen molar-refractivity contribution in [2.24, 2.45) is 0 Å². The van der Waals surface area contributed by atoms with Crippen molar-refractivity contribution in [2.45, 2.75) is 52.0 Å². The average Bonchev–Trinajstić information content (AvgIpc) is 3.09. The van der Waals surface area contributed by atoms with Crippen LogP contribution in [0.15, 0.2) is 0 Å². The fourth-order valence-electron chi connectivity index (χ4n) is 2.05. The van der Waals surface area contributed by atoms with Crippen LogP contribution in [-0.2, 0) is 14.9 Å². The Kier molecular flexibility index (Phi) is 4.61. The van der Waals surface area contributed by atoms with Crippen molar-refractivity contribution in [3.05, 3.63) is 10.6 Å². The summed E-state index contributed by atoms with van der Waals surface area (Å²) in [6.07, 6.45) is 1.87. The zero-order valence-corrected chi connectivity index (χ0v) is 13.7. The summed E-state index contributed by atoms with van der Waals surface area (Å²) in [5, 5.41) is 4.09. The summed E-state index contributed by atoms with van der Waals surface area (Å²) >= 11 is 1.09. The van der Waals surface area contributed by atoms with Gasteiger partial charge in [0.1, 0.15) is 11.4 Å². The number of carbonyl (C=O) groups is 2. The molecule has 1 aromatic heterocycles. The predicted octanol–water partition coefficient (Wildman–Crippen LogP) is 2.00. The van der Waals surface area contributed by atoms with Crippen molar-refractivity contribution < 1.29 is 14.3 Å². The third-order valence-electron chi connectivity index (χ3n) is 3.25. The van der Waals surface area contributed by atoms with Gasteiger partial charge < -0.3 is 9.64 Å². The normalized spacial score (nSPS) is 14.9. The van der Waals surface area contributed by atoms with Gasteiger partial charge in [-0.2, -0.15) is 0 Å². The molecular weight excluding hydrogens is 290 g/mol. The quantitative estimate of drug-likeness (QED) is 0.778. The molecule has 0 bridgehead atoms. The number of amides is 1. The molecule has 1 heterocycles. The lowest BCUT2D eigenvalue weighted by Gasteiger charge is -2.23. The highest BCUT2D eigenvalue weighted by atomic mass is 32.1. The fourth-order valence-corrected chi connectivity index (χ4v) is 2.88. The largest absolute Gasteiger partial charge is 0.465 e. The maximum absolute atomic E-state index is 12.7. The van der Waals surface area contributed by atoms with E-state index in [-0.39, 0.29) is 29.9 Å². The monoisotopic (exact) mass is 311 g/mol. The van der Waals surface area contributed by atoms with E-state index in [1.165, 1.54) is 0 Å². The molecule has 0 aliphatic heterocycles. The van der Waals surface area contributed by atoms with E-state index in [1.54, 1.807) is 11.8 Å². The van der Waals surface area contributed by atoms with E-state index < -0.39 is 0 Å². The first kappa shape index (κ1) is 15.9. The van der Waals surface area contributed by atoms with Crippen LogP contribution in [0, 0.1) is 0 Å². The van der Waals surface area contributed by atoms with Gasteiger partial charge in [0.05, 0.1) is 12.3 Å². The SMILES string of the molecule is CCOC(=O)CN(C(=O)c1snnc1C(C)(C)C)C1CC1. The standard InChI is InChI=1S/C14H21N3O3S/c1-5-20-10(18)8-17(9-6-7-9)13(19)11-12(14(2,3)4)15-16-21-11/h9H,5-8H2,1-4H3. The Hall–Kier alpha value is -1.50. The van der Waals surface area contributed by atoms with Crippen molar-refractivity contribution in [3.8, 4) is 0 Å². The Morgan fingerprint density at radius 2 is 2.05 bits per heavy atom. The Labute approximate surface area is 128 Å². The molecule has 1 aliphatic carbocycles. The van der Waals surface area contributed by atoms with E-state index in [0.717, 1.165) is 24.4 Å². The Balaban J connectivity index is 2.20. The lowest BCUT2D eigenvalue weighted by Crippen LogP contribution is -2.38. The smallest absolute Gasteiger partial charge is 0.325 e. The van der Waals surface area contributed by atoms with E-state index in [9.17, 15) is 9.59 Å². The van der Waals surface area contributed by atoms with E-state index in [4.69, 9.17) is 4.74 Å². The first-order valence-electron chi connectivity index (χ1n) is 7.14. The van der Waals surface area contributed by atoms with E-state index >= 15 is 0 Å². The molecule has 116 valence electrons. The molecule has 7 heteroatoms. The van der Waals surface area contributed by atoms with Gasteiger partial charge in [0.2, 0.25) is 0 Å². The number of aromatic nitrogens is 2. The number of hydrogen-bond acceptors (Lipinski definition) is 6. The van der Waals surface area contributed by atoms with Crippen LogP contribution >= 0.6 is 11.5 Å².